The maximum atomic E-state index is 4.36. The molecule has 2 atom stereocenters. The lowest BCUT2D eigenvalue weighted by Crippen LogP contribution is -2.42. The fourth-order valence-corrected chi connectivity index (χ4v) is 3.34. The summed E-state index contributed by atoms with van der Waals surface area (Å²) >= 11 is 0. The predicted octanol–water partition coefficient (Wildman–Crippen LogP) is 2.76. The van der Waals surface area contributed by atoms with E-state index in [2.05, 4.69) is 36.1 Å². The molecular weight excluding hydrogens is 210 g/mol. The number of nitrogens with zero attached hydrogens (tertiary/aromatic N) is 1. The maximum absolute atomic E-state index is 4.36. The Kier molecular flexibility index (Phi) is 3.87. The number of nitrogens with one attached hydrogen (secondary N) is 2. The van der Waals surface area contributed by atoms with Crippen LogP contribution in [0.4, 0.5) is 0 Å². The molecule has 0 aromatic carbocycles. The summed E-state index contributed by atoms with van der Waals surface area (Å²) in [5.41, 5.74) is 0.472. The molecule has 2 rings (SSSR count). The number of H-pyrrole nitrogens is 1. The molecule has 96 valence electrons. The molecule has 3 nitrogen and oxygen atoms in total. The Hall–Kier alpha value is -0.830. The van der Waals surface area contributed by atoms with E-state index in [1.807, 2.05) is 12.4 Å². The Bertz CT molecular complexity index is 329. The second-order valence-corrected chi connectivity index (χ2v) is 5.89. The van der Waals surface area contributed by atoms with Crippen molar-refractivity contribution in [3.63, 3.8) is 0 Å². The largest absolute Gasteiger partial charge is 0.349 e. The average Bonchev–Trinajstić information content (AvgIpc) is 2.86. The number of aromatic amines is 1. The number of hydrogen-bond donors (Lipinski definition) is 2. The lowest BCUT2D eigenvalue weighted by molar-refractivity contribution is 0.196. The summed E-state index contributed by atoms with van der Waals surface area (Å²) in [6.07, 6.45) is 8.87. The summed E-state index contributed by atoms with van der Waals surface area (Å²) in [5.74, 6) is 1.88. The fourth-order valence-electron chi connectivity index (χ4n) is 3.34. The predicted molar refractivity (Wildman–Crippen MR) is 70.9 cm³/mol. The summed E-state index contributed by atoms with van der Waals surface area (Å²) in [4.78, 5) is 7.59. The zero-order chi connectivity index (χ0) is 12.3. The smallest absolute Gasteiger partial charge is 0.107 e. The van der Waals surface area contributed by atoms with Gasteiger partial charge in [-0.15, -0.1) is 0 Å². The first kappa shape index (κ1) is 12.6. The summed E-state index contributed by atoms with van der Waals surface area (Å²) in [6, 6.07) is 0.559. The van der Waals surface area contributed by atoms with Crippen LogP contribution in [-0.4, -0.2) is 22.6 Å². The average molecular weight is 235 g/mol. The van der Waals surface area contributed by atoms with E-state index in [4.69, 9.17) is 0 Å². The van der Waals surface area contributed by atoms with Crippen molar-refractivity contribution in [2.45, 2.75) is 52.5 Å². The van der Waals surface area contributed by atoms with Gasteiger partial charge in [0.2, 0.25) is 0 Å². The summed E-state index contributed by atoms with van der Waals surface area (Å²) < 4.78 is 0. The molecule has 2 unspecified atom stereocenters. The zero-order valence-electron chi connectivity index (χ0n) is 11.3. The van der Waals surface area contributed by atoms with Gasteiger partial charge in [0.05, 0.1) is 0 Å². The number of aromatic nitrogens is 2. The zero-order valence-corrected chi connectivity index (χ0v) is 11.3. The Morgan fingerprint density at radius 1 is 1.59 bits per heavy atom. The third-order valence-corrected chi connectivity index (χ3v) is 4.26. The van der Waals surface area contributed by atoms with Crippen LogP contribution in [0.2, 0.25) is 0 Å². The second kappa shape index (κ2) is 5.21. The van der Waals surface area contributed by atoms with E-state index in [1.165, 1.54) is 19.3 Å². The van der Waals surface area contributed by atoms with Gasteiger partial charge in [-0.3, -0.25) is 0 Å². The molecule has 0 amide bonds. The van der Waals surface area contributed by atoms with Gasteiger partial charge in [-0.25, -0.2) is 4.98 Å². The highest BCUT2D eigenvalue weighted by atomic mass is 15.0. The molecule has 0 bridgehead atoms. The van der Waals surface area contributed by atoms with Crippen molar-refractivity contribution in [3.8, 4) is 0 Å². The molecule has 0 spiro atoms. The normalized spacial score (nSPS) is 25.0. The van der Waals surface area contributed by atoms with E-state index in [-0.39, 0.29) is 0 Å². The highest BCUT2D eigenvalue weighted by Gasteiger charge is 2.39. The molecular formula is C14H25N3. The molecule has 3 heteroatoms. The standard InChI is InChI=1S/C14H25N3/c1-4-15-12(10-13-16-8-9-17-13)11-6-5-7-14(11,2)3/h8-9,11-12,15H,4-7,10H2,1-3H3,(H,16,17). The molecule has 0 saturated heterocycles. The van der Waals surface area contributed by atoms with Gasteiger partial charge < -0.3 is 10.3 Å². The van der Waals surface area contributed by atoms with Crippen molar-refractivity contribution in [2.24, 2.45) is 11.3 Å². The Morgan fingerprint density at radius 3 is 2.94 bits per heavy atom. The number of hydrogen-bond acceptors (Lipinski definition) is 2. The Balaban J connectivity index is 2.06. The molecule has 1 heterocycles. The topological polar surface area (TPSA) is 40.7 Å². The first-order valence-electron chi connectivity index (χ1n) is 6.85. The van der Waals surface area contributed by atoms with Crippen LogP contribution in [0, 0.1) is 11.3 Å². The van der Waals surface area contributed by atoms with Crippen LogP contribution in [0.3, 0.4) is 0 Å². The Labute approximate surface area is 104 Å². The molecule has 2 N–H and O–H groups in total. The van der Waals surface area contributed by atoms with Gasteiger partial charge in [0.15, 0.2) is 0 Å². The highest BCUT2D eigenvalue weighted by molar-refractivity contribution is 4.98. The maximum Gasteiger partial charge on any atom is 0.107 e. The first-order chi connectivity index (χ1) is 8.13. The molecule has 1 saturated carbocycles. The molecule has 0 aliphatic heterocycles. The Morgan fingerprint density at radius 2 is 2.41 bits per heavy atom. The van der Waals surface area contributed by atoms with Crippen LogP contribution in [0.5, 0.6) is 0 Å². The number of imidazole rings is 1. The highest BCUT2D eigenvalue weighted by Crippen LogP contribution is 2.44. The van der Waals surface area contributed by atoms with Crippen molar-refractivity contribution in [1.29, 1.82) is 0 Å². The van der Waals surface area contributed by atoms with E-state index in [9.17, 15) is 0 Å². The summed E-state index contributed by atoms with van der Waals surface area (Å²) in [7, 11) is 0. The number of rotatable bonds is 5. The lowest BCUT2D eigenvalue weighted by atomic mass is 9.76. The van der Waals surface area contributed by atoms with Crippen molar-refractivity contribution in [3.05, 3.63) is 18.2 Å². The minimum atomic E-state index is 0.472. The fraction of sp³-hybridized carbons (Fsp3) is 0.786. The molecule has 1 aromatic rings. The molecule has 1 aliphatic rings. The van der Waals surface area contributed by atoms with Gasteiger partial charge in [0.1, 0.15) is 5.82 Å². The van der Waals surface area contributed by atoms with Crippen molar-refractivity contribution in [2.75, 3.05) is 6.54 Å². The molecule has 17 heavy (non-hydrogen) atoms. The minimum Gasteiger partial charge on any atom is -0.349 e. The van der Waals surface area contributed by atoms with Crippen molar-refractivity contribution in [1.82, 2.24) is 15.3 Å². The monoisotopic (exact) mass is 235 g/mol. The van der Waals surface area contributed by atoms with E-state index < -0.39 is 0 Å². The molecule has 1 fully saturated rings. The lowest BCUT2D eigenvalue weighted by Gasteiger charge is -2.34. The van der Waals surface area contributed by atoms with Gasteiger partial charge in [-0.1, -0.05) is 27.2 Å². The molecule has 1 aromatic heterocycles. The third kappa shape index (κ3) is 2.89. The van der Waals surface area contributed by atoms with Gasteiger partial charge in [0, 0.05) is 24.9 Å². The van der Waals surface area contributed by atoms with Crippen LogP contribution < -0.4 is 5.32 Å². The van der Waals surface area contributed by atoms with Crippen molar-refractivity contribution >= 4 is 0 Å². The molecule has 0 radical (unpaired) electrons. The van der Waals surface area contributed by atoms with Crippen LogP contribution in [0.15, 0.2) is 12.4 Å². The van der Waals surface area contributed by atoms with Crippen LogP contribution >= 0.6 is 0 Å². The van der Waals surface area contributed by atoms with E-state index >= 15 is 0 Å². The minimum absolute atomic E-state index is 0.472. The quantitative estimate of drug-likeness (QED) is 0.824. The second-order valence-electron chi connectivity index (χ2n) is 5.89. The SMILES string of the molecule is CCNC(Cc1ncc[nH]1)C1CCCC1(C)C. The van der Waals surface area contributed by atoms with Gasteiger partial charge in [-0.05, 0) is 30.7 Å². The van der Waals surface area contributed by atoms with Crippen LogP contribution in [0.1, 0.15) is 45.9 Å². The van der Waals surface area contributed by atoms with Gasteiger partial charge >= 0.3 is 0 Å². The summed E-state index contributed by atoms with van der Waals surface area (Å²) in [5, 5.41) is 3.66. The van der Waals surface area contributed by atoms with E-state index in [1.54, 1.807) is 0 Å². The van der Waals surface area contributed by atoms with E-state index in [0.29, 0.717) is 11.5 Å². The van der Waals surface area contributed by atoms with Crippen LogP contribution in [-0.2, 0) is 6.42 Å². The van der Waals surface area contributed by atoms with E-state index in [0.717, 1.165) is 24.7 Å². The van der Waals surface area contributed by atoms with Crippen molar-refractivity contribution < 1.29 is 0 Å². The number of likely N-dealkylation sites (N-methyl/N-ethyl adjacent to an activating group) is 1. The van der Waals surface area contributed by atoms with Gasteiger partial charge in [0.25, 0.3) is 0 Å². The van der Waals surface area contributed by atoms with Crippen LogP contribution in [0.25, 0.3) is 0 Å². The summed E-state index contributed by atoms with van der Waals surface area (Å²) in [6.45, 7) is 8.06. The molecule has 1 aliphatic carbocycles. The van der Waals surface area contributed by atoms with Gasteiger partial charge in [-0.2, -0.15) is 0 Å². The first-order valence-corrected chi connectivity index (χ1v) is 6.85. The third-order valence-electron chi connectivity index (χ3n) is 4.26.